The molecule has 1 aliphatic rings. The quantitative estimate of drug-likeness (QED) is 0.845. The molecule has 0 bridgehead atoms. The largest absolute Gasteiger partial charge is 0.383 e. The van der Waals surface area contributed by atoms with E-state index in [0.29, 0.717) is 4.60 Å². The highest BCUT2D eigenvalue weighted by Gasteiger charge is 2.39. The van der Waals surface area contributed by atoms with Crippen molar-refractivity contribution >= 4 is 15.9 Å². The van der Waals surface area contributed by atoms with E-state index in [1.807, 2.05) is 6.92 Å². The summed E-state index contributed by atoms with van der Waals surface area (Å²) in [7, 11) is 1.80. The molecule has 2 rings (SSSR count). The number of nitrogens with zero attached hydrogens (tertiary/aromatic N) is 3. The predicted molar refractivity (Wildman–Crippen MR) is 63.9 cm³/mol. The van der Waals surface area contributed by atoms with E-state index < -0.39 is 5.60 Å². The summed E-state index contributed by atoms with van der Waals surface area (Å²) >= 11 is 3.34. The number of rotatable bonds is 2. The van der Waals surface area contributed by atoms with E-state index in [0.717, 1.165) is 31.6 Å². The Morgan fingerprint density at radius 3 is 2.88 bits per heavy atom. The van der Waals surface area contributed by atoms with Gasteiger partial charge in [-0.3, -0.25) is 0 Å². The fraction of sp³-hybridized carbons (Fsp3) is 0.800. The summed E-state index contributed by atoms with van der Waals surface area (Å²) in [6.07, 6.45) is 2.13. The van der Waals surface area contributed by atoms with Crippen LogP contribution in [0.25, 0.3) is 0 Å². The van der Waals surface area contributed by atoms with Gasteiger partial charge in [0.1, 0.15) is 11.3 Å². The summed E-state index contributed by atoms with van der Waals surface area (Å²) in [4.78, 5) is 0. The molecule has 0 saturated carbocycles. The van der Waals surface area contributed by atoms with Crippen LogP contribution in [0, 0.1) is 5.92 Å². The van der Waals surface area contributed by atoms with Crippen molar-refractivity contribution in [3.63, 3.8) is 0 Å². The van der Waals surface area contributed by atoms with E-state index in [4.69, 9.17) is 0 Å². The van der Waals surface area contributed by atoms with Crippen LogP contribution in [0.4, 0.5) is 0 Å². The van der Waals surface area contributed by atoms with Gasteiger partial charge in [0.2, 0.25) is 0 Å². The highest BCUT2D eigenvalue weighted by molar-refractivity contribution is 9.10. The molecule has 1 fully saturated rings. The summed E-state index contributed by atoms with van der Waals surface area (Å²) in [6, 6.07) is 0. The highest BCUT2D eigenvalue weighted by atomic mass is 79.9. The number of nitrogens with one attached hydrogen (secondary N) is 1. The molecular formula is C10H17BrN4O. The highest BCUT2D eigenvalue weighted by Crippen LogP contribution is 2.35. The predicted octanol–water partition coefficient (Wildman–Crippen LogP) is 0.785. The molecule has 6 heteroatoms. The van der Waals surface area contributed by atoms with Crippen molar-refractivity contribution in [3.8, 4) is 0 Å². The average molecular weight is 289 g/mol. The topological polar surface area (TPSA) is 63.0 Å². The molecule has 1 saturated heterocycles. The van der Waals surface area contributed by atoms with Crippen molar-refractivity contribution in [3.05, 3.63) is 10.3 Å². The maximum atomic E-state index is 10.7. The summed E-state index contributed by atoms with van der Waals surface area (Å²) in [5.74, 6) is 0.203. The summed E-state index contributed by atoms with van der Waals surface area (Å²) < 4.78 is 2.27. The monoisotopic (exact) mass is 288 g/mol. The number of aromatic nitrogens is 3. The van der Waals surface area contributed by atoms with E-state index in [1.165, 1.54) is 0 Å². The summed E-state index contributed by atoms with van der Waals surface area (Å²) in [5, 5.41) is 21.8. The summed E-state index contributed by atoms with van der Waals surface area (Å²) in [5.41, 5.74) is -0.147. The zero-order valence-corrected chi connectivity index (χ0v) is 11.2. The van der Waals surface area contributed by atoms with Gasteiger partial charge in [0, 0.05) is 19.5 Å². The van der Waals surface area contributed by atoms with Crippen LogP contribution in [-0.4, -0.2) is 33.2 Å². The number of halogens is 1. The molecule has 2 heterocycles. The van der Waals surface area contributed by atoms with Crippen LogP contribution in [0.5, 0.6) is 0 Å². The third kappa shape index (κ3) is 2.01. The SMILES string of the molecule is Cn1nnc(Br)c1C(C)(O)C1CCCNC1. The Morgan fingerprint density at radius 1 is 1.62 bits per heavy atom. The second kappa shape index (κ2) is 4.43. The van der Waals surface area contributed by atoms with Crippen molar-refractivity contribution in [2.24, 2.45) is 13.0 Å². The van der Waals surface area contributed by atoms with Crippen molar-refractivity contribution < 1.29 is 5.11 Å². The van der Waals surface area contributed by atoms with Gasteiger partial charge in [-0.2, -0.15) is 0 Å². The van der Waals surface area contributed by atoms with Gasteiger partial charge < -0.3 is 10.4 Å². The number of piperidine rings is 1. The Balaban J connectivity index is 2.29. The van der Waals surface area contributed by atoms with Gasteiger partial charge in [-0.05, 0) is 42.2 Å². The molecule has 90 valence electrons. The molecule has 1 aliphatic heterocycles. The van der Waals surface area contributed by atoms with Crippen molar-refractivity contribution in [1.82, 2.24) is 20.3 Å². The Bertz CT molecular complexity index is 351. The minimum Gasteiger partial charge on any atom is -0.383 e. The maximum Gasteiger partial charge on any atom is 0.154 e. The first kappa shape index (κ1) is 12.0. The molecule has 0 amide bonds. The lowest BCUT2D eigenvalue weighted by Gasteiger charge is -2.35. The van der Waals surface area contributed by atoms with E-state index >= 15 is 0 Å². The molecule has 1 aromatic heterocycles. The van der Waals surface area contributed by atoms with Crippen LogP contribution in [-0.2, 0) is 12.6 Å². The fourth-order valence-electron chi connectivity index (χ4n) is 2.39. The first-order valence-electron chi connectivity index (χ1n) is 5.52. The molecule has 5 nitrogen and oxygen atoms in total. The first-order valence-corrected chi connectivity index (χ1v) is 6.31. The van der Waals surface area contributed by atoms with Gasteiger partial charge in [-0.1, -0.05) is 5.21 Å². The molecule has 0 spiro atoms. The second-order valence-corrected chi connectivity index (χ2v) is 5.29. The molecule has 0 aromatic carbocycles. The van der Waals surface area contributed by atoms with Gasteiger partial charge >= 0.3 is 0 Å². The zero-order valence-electron chi connectivity index (χ0n) is 9.57. The van der Waals surface area contributed by atoms with Crippen molar-refractivity contribution in [1.29, 1.82) is 0 Å². The Labute approximate surface area is 103 Å². The third-order valence-corrected chi connectivity index (χ3v) is 3.89. The standard InChI is InChI=1S/C10H17BrN4O/c1-10(16,7-4-3-5-12-6-7)8-9(11)13-14-15(8)2/h7,12,16H,3-6H2,1-2H3. The molecule has 2 N–H and O–H groups in total. The first-order chi connectivity index (χ1) is 7.53. The van der Waals surface area contributed by atoms with Crippen LogP contribution in [0.15, 0.2) is 4.60 Å². The molecule has 2 unspecified atom stereocenters. The zero-order chi connectivity index (χ0) is 11.8. The lowest BCUT2D eigenvalue weighted by atomic mass is 9.81. The van der Waals surface area contributed by atoms with E-state index in [2.05, 4.69) is 31.6 Å². The van der Waals surface area contributed by atoms with Gasteiger partial charge in [-0.25, -0.2) is 4.68 Å². The normalized spacial score (nSPS) is 25.4. The van der Waals surface area contributed by atoms with Gasteiger partial charge in [0.25, 0.3) is 0 Å². The molecular weight excluding hydrogens is 272 g/mol. The van der Waals surface area contributed by atoms with Crippen LogP contribution in [0.2, 0.25) is 0 Å². The lowest BCUT2D eigenvalue weighted by Crippen LogP contribution is -2.43. The smallest absolute Gasteiger partial charge is 0.154 e. The number of hydrogen-bond donors (Lipinski definition) is 2. The Hall–Kier alpha value is -0.460. The van der Waals surface area contributed by atoms with E-state index in [9.17, 15) is 5.11 Å². The summed E-state index contributed by atoms with van der Waals surface area (Å²) in [6.45, 7) is 3.72. The van der Waals surface area contributed by atoms with Gasteiger partial charge in [0.05, 0.1) is 0 Å². The molecule has 2 atom stereocenters. The Kier molecular flexibility index (Phi) is 3.32. The number of aliphatic hydroxyl groups is 1. The average Bonchev–Trinajstić information content (AvgIpc) is 2.60. The fourth-order valence-corrected chi connectivity index (χ4v) is 3.12. The van der Waals surface area contributed by atoms with Gasteiger partial charge in [-0.15, -0.1) is 5.10 Å². The van der Waals surface area contributed by atoms with Crippen molar-refractivity contribution in [2.75, 3.05) is 13.1 Å². The third-order valence-electron chi connectivity index (χ3n) is 3.36. The second-order valence-electron chi connectivity index (χ2n) is 4.54. The minimum absolute atomic E-state index is 0.203. The molecule has 0 aliphatic carbocycles. The van der Waals surface area contributed by atoms with Crippen molar-refractivity contribution in [2.45, 2.75) is 25.4 Å². The molecule has 16 heavy (non-hydrogen) atoms. The van der Waals surface area contributed by atoms with E-state index in [1.54, 1.807) is 11.7 Å². The van der Waals surface area contributed by atoms with Crippen LogP contribution < -0.4 is 5.32 Å². The molecule has 1 aromatic rings. The lowest BCUT2D eigenvalue weighted by molar-refractivity contribution is -0.0231. The van der Waals surface area contributed by atoms with E-state index in [-0.39, 0.29) is 5.92 Å². The Morgan fingerprint density at radius 2 is 2.38 bits per heavy atom. The van der Waals surface area contributed by atoms with Gasteiger partial charge in [0.15, 0.2) is 4.60 Å². The van der Waals surface area contributed by atoms with Crippen LogP contribution >= 0.6 is 15.9 Å². The molecule has 0 radical (unpaired) electrons. The van der Waals surface area contributed by atoms with Crippen LogP contribution in [0.1, 0.15) is 25.5 Å². The number of aryl methyl sites for hydroxylation is 1. The minimum atomic E-state index is -0.898. The number of hydrogen-bond acceptors (Lipinski definition) is 4. The van der Waals surface area contributed by atoms with Crippen LogP contribution in [0.3, 0.4) is 0 Å². The maximum absolute atomic E-state index is 10.7.